The Morgan fingerprint density at radius 3 is 2.44 bits per heavy atom. The molecule has 0 radical (unpaired) electrons. The maximum atomic E-state index is 13.3. The fraction of sp³-hybridized carbons (Fsp3) is 0.783. The third kappa shape index (κ3) is 8.08. The molecule has 1 saturated heterocycles. The minimum absolute atomic E-state index is 0. The summed E-state index contributed by atoms with van der Waals surface area (Å²) in [5, 5.41) is 6.73. The van der Waals surface area contributed by atoms with Gasteiger partial charge in [-0.2, -0.15) is 27.0 Å². The number of Topliss-reactive ketones (excluding diaryl/α,β-unsaturated/α-hetero) is 2. The SMILES string of the molecule is CC(C)N[C@@]1(C)CCCCC=CCOC(=O)N2CC[C@@](C(=O)C(C)C)(C2)NCC1=O.S.S. The summed E-state index contributed by atoms with van der Waals surface area (Å²) in [7, 11) is 0. The number of cyclic esters (lactones) is 1. The first kappa shape index (κ1) is 31.0. The predicted octanol–water partition coefficient (Wildman–Crippen LogP) is 3.06. The van der Waals surface area contributed by atoms with Crippen molar-refractivity contribution < 1.29 is 19.1 Å². The highest BCUT2D eigenvalue weighted by Gasteiger charge is 2.47. The van der Waals surface area contributed by atoms with E-state index >= 15 is 0 Å². The van der Waals surface area contributed by atoms with Crippen LogP contribution in [0.3, 0.4) is 0 Å². The number of hydrogen-bond donors (Lipinski definition) is 2. The normalized spacial score (nSPS) is 27.7. The summed E-state index contributed by atoms with van der Waals surface area (Å²) >= 11 is 0. The molecule has 2 aliphatic rings. The number of carbonyl (C=O) groups is 3. The highest BCUT2D eigenvalue weighted by atomic mass is 32.1. The van der Waals surface area contributed by atoms with Gasteiger partial charge in [-0.15, -0.1) is 0 Å². The van der Waals surface area contributed by atoms with Crippen molar-refractivity contribution in [2.24, 2.45) is 5.92 Å². The summed E-state index contributed by atoms with van der Waals surface area (Å²) in [6, 6.07) is 0.174. The molecule has 32 heavy (non-hydrogen) atoms. The van der Waals surface area contributed by atoms with E-state index in [4.69, 9.17) is 4.74 Å². The zero-order chi connectivity index (χ0) is 22.4. The van der Waals surface area contributed by atoms with E-state index in [1.165, 1.54) is 0 Å². The molecule has 0 aromatic rings. The van der Waals surface area contributed by atoms with Crippen molar-refractivity contribution in [3.8, 4) is 0 Å². The molecule has 2 rings (SSSR count). The van der Waals surface area contributed by atoms with E-state index in [1.807, 2.05) is 46.8 Å². The Hall–Kier alpha value is -1.03. The largest absolute Gasteiger partial charge is 0.445 e. The zero-order valence-electron chi connectivity index (χ0n) is 20.3. The highest BCUT2D eigenvalue weighted by molar-refractivity contribution is 7.59. The number of nitrogens with zero attached hydrogens (tertiary/aromatic N) is 1. The summed E-state index contributed by atoms with van der Waals surface area (Å²) in [5.41, 5.74) is -1.56. The van der Waals surface area contributed by atoms with Crippen molar-refractivity contribution in [1.29, 1.82) is 0 Å². The predicted molar refractivity (Wildman–Crippen MR) is 138 cm³/mol. The topological polar surface area (TPSA) is 87.7 Å². The van der Waals surface area contributed by atoms with Crippen molar-refractivity contribution in [1.82, 2.24) is 15.5 Å². The quantitative estimate of drug-likeness (QED) is 0.590. The summed E-state index contributed by atoms with van der Waals surface area (Å²) in [6.45, 7) is 10.8. The molecule has 0 aromatic heterocycles. The lowest BCUT2D eigenvalue weighted by molar-refractivity contribution is -0.129. The van der Waals surface area contributed by atoms with Crippen LogP contribution in [0, 0.1) is 5.92 Å². The van der Waals surface area contributed by atoms with Gasteiger partial charge < -0.3 is 15.0 Å². The Kier molecular flexibility index (Phi) is 13.2. The van der Waals surface area contributed by atoms with Crippen LogP contribution in [0.1, 0.15) is 66.7 Å². The van der Waals surface area contributed by atoms with Crippen molar-refractivity contribution in [2.45, 2.75) is 83.8 Å². The van der Waals surface area contributed by atoms with Gasteiger partial charge in [-0.25, -0.2) is 4.79 Å². The number of amides is 1. The lowest BCUT2D eigenvalue weighted by atomic mass is 9.84. The first-order valence-electron chi connectivity index (χ1n) is 11.3. The third-order valence-electron chi connectivity index (χ3n) is 6.10. The highest BCUT2D eigenvalue weighted by Crippen LogP contribution is 2.27. The lowest BCUT2D eigenvalue weighted by Gasteiger charge is -2.35. The maximum Gasteiger partial charge on any atom is 0.410 e. The van der Waals surface area contributed by atoms with Crippen molar-refractivity contribution in [3.63, 3.8) is 0 Å². The lowest BCUT2D eigenvalue weighted by Crippen LogP contribution is -2.61. The number of carbonyl (C=O) groups excluding carboxylic acids is 3. The number of fused-ring (bicyclic) bond motifs is 2. The first-order chi connectivity index (χ1) is 14.1. The molecular weight excluding hydrogens is 446 g/mol. The van der Waals surface area contributed by atoms with Crippen LogP contribution in [-0.4, -0.2) is 65.9 Å². The maximum absolute atomic E-state index is 13.3. The summed E-state index contributed by atoms with van der Waals surface area (Å²) in [6.07, 6.45) is 7.45. The molecule has 1 amide bonds. The number of nitrogens with one attached hydrogen (secondary N) is 2. The van der Waals surface area contributed by atoms with Crippen LogP contribution < -0.4 is 10.6 Å². The Morgan fingerprint density at radius 1 is 1.12 bits per heavy atom. The molecule has 9 heteroatoms. The minimum atomic E-state index is -0.908. The average Bonchev–Trinajstić information content (AvgIpc) is 3.11. The van der Waals surface area contributed by atoms with Gasteiger partial charge in [0, 0.05) is 25.0 Å². The second-order valence-corrected chi connectivity index (χ2v) is 9.47. The summed E-state index contributed by atoms with van der Waals surface area (Å²) in [5.74, 6) is -0.113. The minimum Gasteiger partial charge on any atom is -0.445 e. The number of ether oxygens (including phenoxy) is 1. The van der Waals surface area contributed by atoms with Crippen LogP contribution in [0.25, 0.3) is 0 Å². The van der Waals surface area contributed by atoms with E-state index < -0.39 is 17.2 Å². The molecule has 2 aliphatic heterocycles. The Bertz CT molecular complexity index is 672. The van der Waals surface area contributed by atoms with Gasteiger partial charge in [0.2, 0.25) is 0 Å². The monoisotopic (exact) mass is 489 g/mol. The Labute approximate surface area is 207 Å². The van der Waals surface area contributed by atoms with E-state index in [1.54, 1.807) is 4.90 Å². The van der Waals surface area contributed by atoms with Crippen LogP contribution in [-0.2, 0) is 14.3 Å². The summed E-state index contributed by atoms with van der Waals surface area (Å²) in [4.78, 5) is 40.4. The number of rotatable bonds is 4. The molecule has 0 spiro atoms. The molecule has 7 nitrogen and oxygen atoms in total. The third-order valence-corrected chi connectivity index (χ3v) is 6.10. The second-order valence-electron chi connectivity index (χ2n) is 9.47. The standard InChI is InChI=1S/C23H39N3O4.2H2S/c1-17(2)20(28)23-12-13-26(16-23)21(29)30-14-10-8-6-7-9-11-22(5,25-18(3)4)19(27)15-24-23;;/h8,10,17-18,24-25H,6-7,9,11-16H2,1-5H3;2*1H2/t22-,23-;;/m0../s1. The summed E-state index contributed by atoms with van der Waals surface area (Å²) < 4.78 is 5.34. The number of allylic oxidation sites excluding steroid dienone is 1. The molecule has 0 aromatic carbocycles. The van der Waals surface area contributed by atoms with Crippen LogP contribution in [0.4, 0.5) is 4.79 Å². The van der Waals surface area contributed by atoms with Crippen LogP contribution >= 0.6 is 27.0 Å². The van der Waals surface area contributed by atoms with Gasteiger partial charge in [0.25, 0.3) is 0 Å². The Balaban J connectivity index is 0.00000480. The molecule has 0 aliphatic carbocycles. The molecule has 2 atom stereocenters. The van der Waals surface area contributed by atoms with Gasteiger partial charge in [0.1, 0.15) is 6.61 Å². The van der Waals surface area contributed by atoms with E-state index in [2.05, 4.69) is 10.6 Å². The van der Waals surface area contributed by atoms with Gasteiger partial charge in [0.15, 0.2) is 11.6 Å². The molecule has 186 valence electrons. The van der Waals surface area contributed by atoms with E-state index in [9.17, 15) is 14.4 Å². The molecule has 2 N–H and O–H groups in total. The van der Waals surface area contributed by atoms with Gasteiger partial charge >= 0.3 is 6.09 Å². The van der Waals surface area contributed by atoms with Crippen LogP contribution in [0.15, 0.2) is 12.2 Å². The van der Waals surface area contributed by atoms with Crippen molar-refractivity contribution in [2.75, 3.05) is 26.2 Å². The van der Waals surface area contributed by atoms with Gasteiger partial charge in [-0.1, -0.05) is 32.4 Å². The average molecular weight is 490 g/mol. The molecule has 2 bridgehead atoms. The smallest absolute Gasteiger partial charge is 0.410 e. The zero-order valence-corrected chi connectivity index (χ0v) is 22.3. The van der Waals surface area contributed by atoms with Crippen LogP contribution in [0.5, 0.6) is 0 Å². The van der Waals surface area contributed by atoms with Gasteiger partial charge in [-0.3, -0.25) is 14.9 Å². The number of ketones is 2. The molecular formula is C23H43N3O4S2. The van der Waals surface area contributed by atoms with E-state index in [0.29, 0.717) is 13.0 Å². The van der Waals surface area contributed by atoms with E-state index in [0.717, 1.165) is 25.7 Å². The number of hydrogen-bond acceptors (Lipinski definition) is 6. The molecule has 0 unspecified atom stereocenters. The van der Waals surface area contributed by atoms with Crippen molar-refractivity contribution >= 4 is 44.7 Å². The fourth-order valence-electron chi connectivity index (χ4n) is 4.46. The molecule has 1 fully saturated rings. The Morgan fingerprint density at radius 2 is 1.81 bits per heavy atom. The first-order valence-corrected chi connectivity index (χ1v) is 11.3. The molecule has 2 heterocycles. The van der Waals surface area contributed by atoms with Crippen molar-refractivity contribution in [3.05, 3.63) is 12.2 Å². The van der Waals surface area contributed by atoms with Gasteiger partial charge in [-0.05, 0) is 46.5 Å². The fourth-order valence-corrected chi connectivity index (χ4v) is 4.46. The van der Waals surface area contributed by atoms with Crippen LogP contribution in [0.2, 0.25) is 0 Å². The van der Waals surface area contributed by atoms with Gasteiger partial charge in [0.05, 0.1) is 17.6 Å². The second kappa shape index (κ2) is 13.6. The van der Waals surface area contributed by atoms with E-state index in [-0.39, 0.29) is 70.2 Å². The molecule has 0 saturated carbocycles.